The number of nitrogens with one attached hydrogen (secondary N) is 1. The Morgan fingerprint density at radius 1 is 1.50 bits per heavy atom. The number of carbonyl (C=O) groups excluding carboxylic acids is 1. The number of aromatic nitrogens is 2. The van der Waals surface area contributed by atoms with Gasteiger partial charge in [-0.05, 0) is 12.1 Å². The Morgan fingerprint density at radius 2 is 2.38 bits per heavy atom. The van der Waals surface area contributed by atoms with Crippen molar-refractivity contribution < 1.29 is 4.79 Å². The predicted octanol–water partition coefficient (Wildman–Crippen LogP) is 0.299. The van der Waals surface area contributed by atoms with Crippen LogP contribution in [0.3, 0.4) is 0 Å². The average Bonchev–Trinajstić information content (AvgIpc) is 2.68. The molecule has 0 unspecified atom stereocenters. The van der Waals surface area contributed by atoms with Gasteiger partial charge in [-0.25, -0.2) is 4.98 Å². The number of hydrogen-bond acceptors (Lipinski definition) is 3. The van der Waals surface area contributed by atoms with Gasteiger partial charge in [0.05, 0.1) is 11.9 Å². The van der Waals surface area contributed by atoms with Gasteiger partial charge in [-0.15, -0.1) is 0 Å². The molecule has 0 saturated heterocycles. The molecule has 0 bridgehead atoms. The van der Waals surface area contributed by atoms with Crippen molar-refractivity contribution in [2.75, 3.05) is 6.54 Å². The molecule has 0 aliphatic heterocycles. The van der Waals surface area contributed by atoms with Crippen molar-refractivity contribution in [3.63, 3.8) is 0 Å². The fraction of sp³-hybridized carbons (Fsp3) is 0.273. The van der Waals surface area contributed by atoms with Crippen LogP contribution in [0.25, 0.3) is 5.65 Å². The van der Waals surface area contributed by atoms with Crippen molar-refractivity contribution in [1.29, 1.82) is 0 Å². The molecule has 0 aliphatic carbocycles. The topological polar surface area (TPSA) is 72.4 Å². The summed E-state index contributed by atoms with van der Waals surface area (Å²) >= 11 is 0. The Kier molecular flexibility index (Phi) is 3.16. The molecule has 84 valence electrons. The molecule has 0 aromatic carbocycles. The number of imidazole rings is 1. The second-order valence-electron chi connectivity index (χ2n) is 3.57. The van der Waals surface area contributed by atoms with Gasteiger partial charge in [-0.1, -0.05) is 6.07 Å². The van der Waals surface area contributed by atoms with Gasteiger partial charge >= 0.3 is 0 Å². The zero-order chi connectivity index (χ0) is 11.4. The first-order valence-corrected chi connectivity index (χ1v) is 5.17. The fourth-order valence-electron chi connectivity index (χ4n) is 1.54. The van der Waals surface area contributed by atoms with Crippen molar-refractivity contribution in [2.24, 2.45) is 5.73 Å². The standard InChI is InChI=1S/C11H14N4O/c12-10(16)4-5-13-7-9-8-14-11-3-1-2-6-15(9)11/h1-3,6,8,13H,4-5,7H2,(H2,12,16). The van der Waals surface area contributed by atoms with Crippen LogP contribution in [0.4, 0.5) is 0 Å². The minimum atomic E-state index is -0.286. The summed E-state index contributed by atoms with van der Waals surface area (Å²) < 4.78 is 2.01. The molecule has 5 heteroatoms. The van der Waals surface area contributed by atoms with Gasteiger partial charge in [0.25, 0.3) is 0 Å². The van der Waals surface area contributed by atoms with E-state index in [0.29, 0.717) is 19.5 Å². The quantitative estimate of drug-likeness (QED) is 0.709. The summed E-state index contributed by atoms with van der Waals surface area (Å²) in [5.74, 6) is -0.286. The Hall–Kier alpha value is -1.88. The second-order valence-corrected chi connectivity index (χ2v) is 3.57. The first-order chi connectivity index (χ1) is 7.77. The molecule has 0 spiro atoms. The van der Waals surface area contributed by atoms with Gasteiger partial charge < -0.3 is 15.5 Å². The van der Waals surface area contributed by atoms with E-state index < -0.39 is 0 Å². The van der Waals surface area contributed by atoms with E-state index in [2.05, 4.69) is 10.3 Å². The normalized spacial score (nSPS) is 10.8. The Balaban J connectivity index is 1.97. The molecule has 1 amide bonds. The van der Waals surface area contributed by atoms with E-state index in [1.807, 2.05) is 35.0 Å². The van der Waals surface area contributed by atoms with E-state index >= 15 is 0 Å². The lowest BCUT2D eigenvalue weighted by molar-refractivity contribution is -0.117. The van der Waals surface area contributed by atoms with Crippen molar-refractivity contribution in [2.45, 2.75) is 13.0 Å². The molecule has 0 radical (unpaired) electrons. The number of fused-ring (bicyclic) bond motifs is 1. The lowest BCUT2D eigenvalue weighted by Crippen LogP contribution is -2.22. The third-order valence-electron chi connectivity index (χ3n) is 2.35. The Morgan fingerprint density at radius 3 is 3.19 bits per heavy atom. The molecule has 0 saturated carbocycles. The largest absolute Gasteiger partial charge is 0.370 e. The van der Waals surface area contributed by atoms with Gasteiger partial charge in [-0.3, -0.25) is 4.79 Å². The number of amides is 1. The summed E-state index contributed by atoms with van der Waals surface area (Å²) in [5.41, 5.74) is 7.04. The molecule has 0 atom stereocenters. The summed E-state index contributed by atoms with van der Waals surface area (Å²) in [4.78, 5) is 14.8. The molecule has 3 N–H and O–H groups in total. The highest BCUT2D eigenvalue weighted by Gasteiger charge is 2.01. The summed E-state index contributed by atoms with van der Waals surface area (Å²) in [6.07, 6.45) is 4.15. The van der Waals surface area contributed by atoms with E-state index in [4.69, 9.17) is 5.73 Å². The van der Waals surface area contributed by atoms with Crippen molar-refractivity contribution in [1.82, 2.24) is 14.7 Å². The van der Waals surface area contributed by atoms with Crippen LogP contribution in [0.15, 0.2) is 30.6 Å². The van der Waals surface area contributed by atoms with Crippen LogP contribution < -0.4 is 11.1 Å². The number of hydrogen-bond donors (Lipinski definition) is 2. The maximum atomic E-state index is 10.5. The number of nitrogens with zero attached hydrogens (tertiary/aromatic N) is 2. The van der Waals surface area contributed by atoms with E-state index in [1.165, 1.54) is 0 Å². The van der Waals surface area contributed by atoms with Crippen LogP contribution >= 0.6 is 0 Å². The van der Waals surface area contributed by atoms with Gasteiger partial charge in [0.15, 0.2) is 0 Å². The smallest absolute Gasteiger partial charge is 0.218 e. The molecule has 2 rings (SSSR count). The molecular formula is C11H14N4O. The first kappa shape index (κ1) is 10.6. The lowest BCUT2D eigenvalue weighted by atomic mass is 10.4. The van der Waals surface area contributed by atoms with E-state index in [-0.39, 0.29) is 5.91 Å². The van der Waals surface area contributed by atoms with Crippen LogP contribution in [-0.2, 0) is 11.3 Å². The maximum absolute atomic E-state index is 10.5. The predicted molar refractivity (Wildman–Crippen MR) is 60.7 cm³/mol. The SMILES string of the molecule is NC(=O)CCNCc1cnc2ccccn12. The maximum Gasteiger partial charge on any atom is 0.218 e. The monoisotopic (exact) mass is 218 g/mol. The van der Waals surface area contributed by atoms with Crippen molar-refractivity contribution in [3.8, 4) is 0 Å². The minimum Gasteiger partial charge on any atom is -0.370 e. The summed E-state index contributed by atoms with van der Waals surface area (Å²) in [6, 6.07) is 5.86. The molecule has 2 heterocycles. The summed E-state index contributed by atoms with van der Waals surface area (Å²) in [6.45, 7) is 1.27. The van der Waals surface area contributed by atoms with Crippen LogP contribution in [0, 0.1) is 0 Å². The van der Waals surface area contributed by atoms with Gasteiger partial charge in [0.2, 0.25) is 5.91 Å². The Bertz CT molecular complexity index is 491. The number of nitrogens with two attached hydrogens (primary N) is 1. The third kappa shape index (κ3) is 2.38. The molecule has 2 aromatic heterocycles. The first-order valence-electron chi connectivity index (χ1n) is 5.17. The van der Waals surface area contributed by atoms with E-state index in [0.717, 1.165) is 11.3 Å². The zero-order valence-corrected chi connectivity index (χ0v) is 8.89. The average molecular weight is 218 g/mol. The molecular weight excluding hydrogens is 204 g/mol. The zero-order valence-electron chi connectivity index (χ0n) is 8.89. The number of carbonyl (C=O) groups is 1. The highest BCUT2D eigenvalue weighted by Crippen LogP contribution is 2.05. The lowest BCUT2D eigenvalue weighted by Gasteiger charge is -2.03. The van der Waals surface area contributed by atoms with Crippen LogP contribution in [0.2, 0.25) is 0 Å². The third-order valence-corrected chi connectivity index (χ3v) is 2.35. The fourth-order valence-corrected chi connectivity index (χ4v) is 1.54. The summed E-state index contributed by atoms with van der Waals surface area (Å²) in [5, 5.41) is 3.15. The molecule has 5 nitrogen and oxygen atoms in total. The number of primary amides is 1. The minimum absolute atomic E-state index is 0.286. The van der Waals surface area contributed by atoms with Crippen LogP contribution in [-0.4, -0.2) is 21.8 Å². The van der Waals surface area contributed by atoms with Crippen LogP contribution in [0.5, 0.6) is 0 Å². The highest BCUT2D eigenvalue weighted by atomic mass is 16.1. The number of rotatable bonds is 5. The second kappa shape index (κ2) is 4.76. The van der Waals surface area contributed by atoms with Gasteiger partial charge in [0, 0.05) is 25.7 Å². The van der Waals surface area contributed by atoms with Crippen LogP contribution in [0.1, 0.15) is 12.1 Å². The number of pyridine rings is 1. The molecule has 0 fully saturated rings. The summed E-state index contributed by atoms with van der Waals surface area (Å²) in [7, 11) is 0. The van der Waals surface area contributed by atoms with E-state index in [9.17, 15) is 4.79 Å². The molecule has 2 aromatic rings. The van der Waals surface area contributed by atoms with Crippen molar-refractivity contribution >= 4 is 11.6 Å². The van der Waals surface area contributed by atoms with Gasteiger partial charge in [0.1, 0.15) is 5.65 Å². The van der Waals surface area contributed by atoms with E-state index in [1.54, 1.807) is 0 Å². The highest BCUT2D eigenvalue weighted by molar-refractivity contribution is 5.73. The molecule has 0 aliphatic rings. The Labute approximate surface area is 93.3 Å². The van der Waals surface area contributed by atoms with Crippen molar-refractivity contribution in [3.05, 3.63) is 36.3 Å². The molecule has 16 heavy (non-hydrogen) atoms. The van der Waals surface area contributed by atoms with Gasteiger partial charge in [-0.2, -0.15) is 0 Å².